The molecule has 1 saturated carbocycles. The van der Waals surface area contributed by atoms with Crippen molar-refractivity contribution in [2.45, 2.75) is 64.1 Å². The number of aliphatic carboxylic acids is 1. The Kier molecular flexibility index (Phi) is 4.69. The number of carbonyl (C=O) groups excluding carboxylic acids is 1. The fraction of sp³-hybridized carbons (Fsp3) is 0.647. The van der Waals surface area contributed by atoms with Crippen molar-refractivity contribution in [1.29, 1.82) is 0 Å². The van der Waals surface area contributed by atoms with E-state index in [9.17, 15) is 19.5 Å². The van der Waals surface area contributed by atoms with Gasteiger partial charge in [0.05, 0.1) is 0 Å². The molecule has 130 valence electrons. The van der Waals surface area contributed by atoms with Crippen molar-refractivity contribution < 1.29 is 14.7 Å². The summed E-state index contributed by atoms with van der Waals surface area (Å²) in [6.45, 7) is 2.37. The van der Waals surface area contributed by atoms with Crippen LogP contribution in [0.2, 0.25) is 0 Å². The Morgan fingerprint density at radius 1 is 1.29 bits per heavy atom. The van der Waals surface area contributed by atoms with Gasteiger partial charge in [0.1, 0.15) is 11.7 Å². The van der Waals surface area contributed by atoms with E-state index in [4.69, 9.17) is 0 Å². The van der Waals surface area contributed by atoms with Crippen LogP contribution in [0.15, 0.2) is 16.9 Å². The molecule has 1 saturated heterocycles. The maximum absolute atomic E-state index is 13.0. The van der Waals surface area contributed by atoms with E-state index < -0.39 is 12.0 Å². The molecule has 2 heterocycles. The highest BCUT2D eigenvalue weighted by Crippen LogP contribution is 2.40. The molecular formula is C17H23N3O4. The quantitative estimate of drug-likeness (QED) is 0.901. The largest absolute Gasteiger partial charge is 0.480 e. The minimum absolute atomic E-state index is 0.0271. The lowest BCUT2D eigenvalue weighted by Crippen LogP contribution is -2.46. The van der Waals surface area contributed by atoms with Crippen LogP contribution in [-0.4, -0.2) is 43.7 Å². The predicted octanol–water partition coefficient (Wildman–Crippen LogP) is 1.51. The van der Waals surface area contributed by atoms with E-state index >= 15 is 0 Å². The molecule has 7 nitrogen and oxygen atoms in total. The van der Waals surface area contributed by atoms with E-state index in [0.29, 0.717) is 13.0 Å². The van der Waals surface area contributed by atoms with Crippen LogP contribution in [0.3, 0.4) is 0 Å². The van der Waals surface area contributed by atoms with Gasteiger partial charge in [-0.1, -0.05) is 19.8 Å². The molecule has 0 aromatic carbocycles. The number of carboxylic acids is 1. The van der Waals surface area contributed by atoms with E-state index in [-0.39, 0.29) is 29.1 Å². The van der Waals surface area contributed by atoms with Crippen LogP contribution in [0.25, 0.3) is 0 Å². The molecule has 0 spiro atoms. The molecule has 2 fully saturated rings. The molecule has 0 radical (unpaired) electrons. The van der Waals surface area contributed by atoms with Crippen LogP contribution in [0.5, 0.6) is 0 Å². The average molecular weight is 333 g/mol. The first-order valence-corrected chi connectivity index (χ1v) is 8.66. The molecule has 1 aromatic rings. The fourth-order valence-electron chi connectivity index (χ4n) is 4.04. The summed E-state index contributed by atoms with van der Waals surface area (Å²) in [6.07, 6.45) is 5.17. The molecule has 2 aliphatic rings. The van der Waals surface area contributed by atoms with Gasteiger partial charge in [0.15, 0.2) is 0 Å². The van der Waals surface area contributed by atoms with Gasteiger partial charge in [-0.2, -0.15) is 5.10 Å². The molecule has 3 rings (SSSR count). The third kappa shape index (κ3) is 2.95. The van der Waals surface area contributed by atoms with Crippen LogP contribution in [-0.2, 0) is 11.3 Å². The molecule has 1 aliphatic carbocycles. The van der Waals surface area contributed by atoms with Gasteiger partial charge in [-0.15, -0.1) is 0 Å². The number of rotatable bonds is 4. The van der Waals surface area contributed by atoms with Crippen LogP contribution >= 0.6 is 0 Å². The highest BCUT2D eigenvalue weighted by Gasteiger charge is 2.48. The smallest absolute Gasteiger partial charge is 0.326 e. The van der Waals surface area contributed by atoms with Gasteiger partial charge in [-0.3, -0.25) is 9.59 Å². The molecular weight excluding hydrogens is 310 g/mol. The molecule has 1 amide bonds. The molecule has 7 heteroatoms. The summed E-state index contributed by atoms with van der Waals surface area (Å²) < 4.78 is 1.28. The first-order valence-electron chi connectivity index (χ1n) is 8.66. The number of likely N-dealkylation sites (tertiary alicyclic amines) is 1. The maximum atomic E-state index is 13.0. The van der Waals surface area contributed by atoms with Crippen LogP contribution in [0.1, 0.15) is 55.9 Å². The first-order chi connectivity index (χ1) is 11.5. The Bertz CT molecular complexity index is 699. The van der Waals surface area contributed by atoms with Crippen molar-refractivity contribution in [2.24, 2.45) is 5.92 Å². The number of carbonyl (C=O) groups is 2. The van der Waals surface area contributed by atoms with Crippen molar-refractivity contribution in [1.82, 2.24) is 14.7 Å². The molecule has 3 atom stereocenters. The highest BCUT2D eigenvalue weighted by atomic mass is 16.4. The third-order valence-corrected chi connectivity index (χ3v) is 5.13. The summed E-state index contributed by atoms with van der Waals surface area (Å²) in [4.78, 5) is 37.9. The Morgan fingerprint density at radius 2 is 2.04 bits per heavy atom. The van der Waals surface area contributed by atoms with E-state index in [1.165, 1.54) is 21.7 Å². The summed E-state index contributed by atoms with van der Waals surface area (Å²) in [7, 11) is 0. The molecule has 1 aliphatic heterocycles. The van der Waals surface area contributed by atoms with E-state index in [1.807, 2.05) is 6.92 Å². The van der Waals surface area contributed by atoms with Gasteiger partial charge in [0.2, 0.25) is 0 Å². The highest BCUT2D eigenvalue weighted by molar-refractivity contribution is 5.95. The van der Waals surface area contributed by atoms with E-state index in [1.54, 1.807) is 0 Å². The molecule has 1 aromatic heterocycles. The first kappa shape index (κ1) is 16.7. The normalized spacial score (nSPS) is 26.2. The van der Waals surface area contributed by atoms with E-state index in [0.717, 1.165) is 32.1 Å². The lowest BCUT2D eigenvalue weighted by molar-refractivity contribution is -0.141. The van der Waals surface area contributed by atoms with Crippen molar-refractivity contribution in [3.63, 3.8) is 0 Å². The van der Waals surface area contributed by atoms with Gasteiger partial charge < -0.3 is 10.0 Å². The lowest BCUT2D eigenvalue weighted by atomic mass is 9.84. The SMILES string of the molecule is CCCn1nc(C(=O)N2C(C(=O)O)CC3CCCCC32)ccc1=O. The topological polar surface area (TPSA) is 92.5 Å². The summed E-state index contributed by atoms with van der Waals surface area (Å²) in [5, 5.41) is 13.7. The molecule has 24 heavy (non-hydrogen) atoms. The number of amides is 1. The van der Waals surface area contributed by atoms with Gasteiger partial charge in [-0.25, -0.2) is 9.48 Å². The average Bonchev–Trinajstić information content (AvgIpc) is 2.96. The third-order valence-electron chi connectivity index (χ3n) is 5.13. The number of aromatic nitrogens is 2. The van der Waals surface area contributed by atoms with Crippen LogP contribution < -0.4 is 5.56 Å². The minimum atomic E-state index is -0.959. The number of aryl methyl sites for hydroxylation is 1. The molecule has 0 bridgehead atoms. The van der Waals surface area contributed by atoms with Crippen molar-refractivity contribution in [3.8, 4) is 0 Å². The Hall–Kier alpha value is -2.18. The second kappa shape index (κ2) is 6.75. The van der Waals surface area contributed by atoms with Crippen molar-refractivity contribution in [2.75, 3.05) is 0 Å². The Morgan fingerprint density at radius 3 is 2.75 bits per heavy atom. The zero-order chi connectivity index (χ0) is 17.3. The predicted molar refractivity (Wildman–Crippen MR) is 86.7 cm³/mol. The Balaban J connectivity index is 1.93. The van der Waals surface area contributed by atoms with Gasteiger partial charge in [0.25, 0.3) is 11.5 Å². The zero-order valence-corrected chi connectivity index (χ0v) is 13.9. The van der Waals surface area contributed by atoms with Gasteiger partial charge in [-0.05, 0) is 37.7 Å². The molecule has 1 N–H and O–H groups in total. The van der Waals surface area contributed by atoms with Crippen LogP contribution in [0, 0.1) is 5.92 Å². The van der Waals surface area contributed by atoms with Gasteiger partial charge in [0, 0.05) is 18.7 Å². The number of fused-ring (bicyclic) bond motifs is 1. The zero-order valence-electron chi connectivity index (χ0n) is 13.9. The second-order valence-electron chi connectivity index (χ2n) is 6.69. The number of nitrogens with zero attached hydrogens (tertiary/aromatic N) is 3. The monoisotopic (exact) mass is 333 g/mol. The fourth-order valence-corrected chi connectivity index (χ4v) is 4.04. The van der Waals surface area contributed by atoms with Gasteiger partial charge >= 0.3 is 5.97 Å². The summed E-state index contributed by atoms with van der Waals surface area (Å²) in [5.41, 5.74) is -0.0966. The minimum Gasteiger partial charge on any atom is -0.480 e. The lowest BCUT2D eigenvalue weighted by Gasteiger charge is -2.32. The standard InChI is InChI=1S/C17H23N3O4/c1-2-9-19-15(21)8-7-12(18-19)16(22)20-13-6-4-3-5-11(13)10-14(20)17(23)24/h7-8,11,13-14H,2-6,9-10H2,1H3,(H,23,24). The number of hydrogen-bond donors (Lipinski definition) is 1. The summed E-state index contributed by atoms with van der Waals surface area (Å²) in [6, 6.07) is 1.92. The Labute approximate surface area is 140 Å². The van der Waals surface area contributed by atoms with Crippen molar-refractivity contribution >= 4 is 11.9 Å². The summed E-state index contributed by atoms with van der Waals surface area (Å²) in [5.74, 6) is -1.08. The molecule has 3 unspecified atom stereocenters. The second-order valence-corrected chi connectivity index (χ2v) is 6.69. The van der Waals surface area contributed by atoms with Crippen LogP contribution in [0.4, 0.5) is 0 Å². The van der Waals surface area contributed by atoms with E-state index in [2.05, 4.69) is 5.10 Å². The summed E-state index contributed by atoms with van der Waals surface area (Å²) >= 11 is 0. The van der Waals surface area contributed by atoms with Crippen molar-refractivity contribution in [3.05, 3.63) is 28.2 Å². The number of hydrogen-bond acceptors (Lipinski definition) is 4. The number of carboxylic acid groups (broad SMARTS) is 1. The maximum Gasteiger partial charge on any atom is 0.326 e.